The van der Waals surface area contributed by atoms with E-state index in [-0.39, 0.29) is 30.9 Å². The molecule has 1 amide bonds. The number of hydrogen-bond donors (Lipinski definition) is 3. The summed E-state index contributed by atoms with van der Waals surface area (Å²) in [5.74, 6) is -3.14. The zero-order chi connectivity index (χ0) is 24.6. The highest BCUT2D eigenvalue weighted by Crippen LogP contribution is 2.54. The first-order valence-corrected chi connectivity index (χ1v) is 13.0. The molecule has 2 heterocycles. The largest absolute Gasteiger partial charge is 0.371 e. The summed E-state index contributed by atoms with van der Waals surface area (Å²) in [5.41, 5.74) is 2.32. The van der Waals surface area contributed by atoms with Crippen molar-refractivity contribution in [3.63, 3.8) is 0 Å². The number of anilines is 3. The van der Waals surface area contributed by atoms with Gasteiger partial charge in [0.25, 0.3) is 11.5 Å². The quantitative estimate of drug-likeness (QED) is 0.460. The summed E-state index contributed by atoms with van der Waals surface area (Å²) in [6, 6.07) is 8.15. The molecule has 1 aromatic carbocycles. The molecule has 1 saturated heterocycles. The lowest BCUT2D eigenvalue weighted by Crippen LogP contribution is -2.36. The average molecular weight is 504 g/mol. The van der Waals surface area contributed by atoms with E-state index < -0.39 is 17.5 Å². The van der Waals surface area contributed by atoms with Gasteiger partial charge < -0.3 is 19.5 Å². The van der Waals surface area contributed by atoms with E-state index in [4.69, 9.17) is 0 Å². The molecule has 1 aromatic heterocycles. The second kappa shape index (κ2) is 9.46. The average Bonchev–Trinajstić information content (AvgIpc) is 3.50. The minimum atomic E-state index is -2.76. The third-order valence-electron chi connectivity index (χ3n) is 7.63. The number of carbonyl (C=O) groups excluding carboxylic acids is 1. The normalized spacial score (nSPS) is 22.3. The zero-order valence-corrected chi connectivity index (χ0v) is 20.6. The monoisotopic (exact) mass is 503 g/mol. The number of alkyl halides is 2. The predicted molar refractivity (Wildman–Crippen MR) is 136 cm³/mol. The molecule has 1 atom stereocenters. The van der Waals surface area contributed by atoms with Crippen molar-refractivity contribution in [2.24, 2.45) is 5.41 Å². The van der Waals surface area contributed by atoms with E-state index in [2.05, 4.69) is 19.7 Å². The fraction of sp³-hybridized carbons (Fsp3) is 0.520. The number of pyridine rings is 1. The van der Waals surface area contributed by atoms with Crippen LogP contribution >= 0.6 is 12.1 Å². The van der Waals surface area contributed by atoms with Gasteiger partial charge >= 0.3 is 0 Å². The summed E-state index contributed by atoms with van der Waals surface area (Å²) in [6.07, 6.45) is 6.00. The number of nitrogens with one attached hydrogen (secondary N) is 3. The number of hydrogen-bond acceptors (Lipinski definition) is 6. The number of halogens is 2. The highest BCUT2D eigenvalue weighted by atomic mass is 32.2. The SMILES string of the molecule is CNSNc1ccc(C(=O)Nc2cccn(C3CCC(F)(F)C3)c2=O)c(N2CCC3(CC2)CC3)c1. The first kappa shape index (κ1) is 24.1. The Morgan fingerprint density at radius 1 is 1.11 bits per heavy atom. The summed E-state index contributed by atoms with van der Waals surface area (Å²) < 4.78 is 35.0. The van der Waals surface area contributed by atoms with Gasteiger partial charge in [-0.05, 0) is 74.9 Å². The van der Waals surface area contributed by atoms with Crippen LogP contribution in [0.1, 0.15) is 61.3 Å². The van der Waals surface area contributed by atoms with Crippen molar-refractivity contribution in [2.45, 2.75) is 56.9 Å². The molecule has 3 N–H and O–H groups in total. The first-order valence-electron chi connectivity index (χ1n) is 12.2. The summed E-state index contributed by atoms with van der Waals surface area (Å²) >= 11 is 1.34. The van der Waals surface area contributed by atoms with E-state index in [9.17, 15) is 18.4 Å². The molecule has 2 saturated carbocycles. The van der Waals surface area contributed by atoms with Crippen molar-refractivity contribution in [3.05, 3.63) is 52.4 Å². The molecule has 0 radical (unpaired) electrons. The van der Waals surface area contributed by atoms with Crippen molar-refractivity contribution < 1.29 is 13.6 Å². The van der Waals surface area contributed by atoms with E-state index in [0.29, 0.717) is 11.0 Å². The van der Waals surface area contributed by atoms with Crippen LogP contribution in [0.2, 0.25) is 0 Å². The van der Waals surface area contributed by atoms with Crippen LogP contribution in [0.4, 0.5) is 25.8 Å². The molecule has 3 fully saturated rings. The van der Waals surface area contributed by atoms with Crippen molar-refractivity contribution in [2.75, 3.05) is 35.1 Å². The van der Waals surface area contributed by atoms with Gasteiger partial charge in [-0.15, -0.1) is 0 Å². The van der Waals surface area contributed by atoms with Crippen molar-refractivity contribution in [3.8, 4) is 0 Å². The van der Waals surface area contributed by atoms with Gasteiger partial charge in [0.1, 0.15) is 5.69 Å². The standard InChI is InChI=1S/C25H31F2N5O2S/c1-28-35-30-17-4-5-19(21(15-17)31-13-10-24(8-9-24)11-14-31)22(33)29-20-3-2-12-32(23(20)34)18-6-7-25(26,27)16-18/h2-5,12,15,18,28,30H,6-11,13-14,16H2,1H3,(H,29,33). The molecular weight excluding hydrogens is 472 g/mol. The molecule has 1 unspecified atom stereocenters. The number of aromatic nitrogens is 1. The van der Waals surface area contributed by atoms with E-state index >= 15 is 0 Å². The molecule has 2 aliphatic carbocycles. The zero-order valence-electron chi connectivity index (χ0n) is 19.8. The molecule has 188 valence electrons. The molecule has 35 heavy (non-hydrogen) atoms. The summed E-state index contributed by atoms with van der Waals surface area (Å²) in [4.78, 5) is 28.7. The Balaban J connectivity index is 1.39. The van der Waals surface area contributed by atoms with Crippen LogP contribution in [0, 0.1) is 5.41 Å². The van der Waals surface area contributed by atoms with Crippen LogP contribution in [0.3, 0.4) is 0 Å². The van der Waals surface area contributed by atoms with Gasteiger partial charge in [0.2, 0.25) is 5.92 Å². The molecule has 2 aromatic rings. The minimum Gasteiger partial charge on any atom is -0.371 e. The summed E-state index contributed by atoms with van der Waals surface area (Å²) in [6.45, 7) is 1.77. The maximum Gasteiger partial charge on any atom is 0.274 e. The number of rotatable bonds is 7. The number of benzene rings is 1. The Morgan fingerprint density at radius 2 is 1.89 bits per heavy atom. The molecule has 7 nitrogen and oxygen atoms in total. The van der Waals surface area contributed by atoms with Gasteiger partial charge in [0.05, 0.1) is 11.3 Å². The first-order chi connectivity index (χ1) is 16.8. The predicted octanol–water partition coefficient (Wildman–Crippen LogP) is 5.04. The summed E-state index contributed by atoms with van der Waals surface area (Å²) in [5, 5.41) is 2.76. The van der Waals surface area contributed by atoms with E-state index in [1.807, 2.05) is 19.2 Å². The Labute approximate surface area is 207 Å². The van der Waals surface area contributed by atoms with Gasteiger partial charge in [-0.1, -0.05) is 0 Å². The Morgan fingerprint density at radius 3 is 2.54 bits per heavy atom. The van der Waals surface area contributed by atoms with Crippen LogP contribution in [-0.2, 0) is 0 Å². The van der Waals surface area contributed by atoms with Crippen molar-refractivity contribution in [1.82, 2.24) is 9.29 Å². The van der Waals surface area contributed by atoms with Crippen molar-refractivity contribution >= 4 is 35.1 Å². The maximum atomic E-state index is 13.7. The highest BCUT2D eigenvalue weighted by Gasteiger charge is 2.45. The maximum absolute atomic E-state index is 13.7. The second-order valence-corrected chi connectivity index (χ2v) is 10.8. The number of piperidine rings is 1. The molecule has 3 aliphatic rings. The van der Waals surface area contributed by atoms with Crippen molar-refractivity contribution in [1.29, 1.82) is 0 Å². The third kappa shape index (κ3) is 5.18. The van der Waals surface area contributed by atoms with E-state index in [1.54, 1.807) is 12.1 Å². The fourth-order valence-corrected chi connectivity index (χ4v) is 5.65. The number of amides is 1. The van der Waals surface area contributed by atoms with Crippen LogP contribution in [0.15, 0.2) is 41.3 Å². The van der Waals surface area contributed by atoms with Gasteiger partial charge in [0, 0.05) is 56.0 Å². The van der Waals surface area contributed by atoms with Crippen LogP contribution in [0.5, 0.6) is 0 Å². The van der Waals surface area contributed by atoms with Gasteiger partial charge in [-0.25, -0.2) is 13.5 Å². The molecule has 10 heteroatoms. The Bertz CT molecular complexity index is 1160. The second-order valence-electron chi connectivity index (χ2n) is 9.97. The molecule has 0 bridgehead atoms. The number of nitrogens with zero attached hydrogens (tertiary/aromatic N) is 2. The van der Waals surface area contributed by atoms with Gasteiger partial charge in [0.15, 0.2) is 0 Å². The van der Waals surface area contributed by atoms with Crippen LogP contribution in [0.25, 0.3) is 0 Å². The lowest BCUT2D eigenvalue weighted by molar-refractivity contribution is 0.00551. The highest BCUT2D eigenvalue weighted by molar-refractivity contribution is 7.98. The van der Waals surface area contributed by atoms with Crippen LogP contribution in [-0.4, -0.2) is 36.5 Å². The Hall–Kier alpha value is -2.59. The van der Waals surface area contributed by atoms with Gasteiger partial charge in [-0.2, -0.15) is 0 Å². The molecule has 1 aliphatic heterocycles. The summed E-state index contributed by atoms with van der Waals surface area (Å²) in [7, 11) is 1.82. The fourth-order valence-electron chi connectivity index (χ4n) is 5.30. The molecule has 1 spiro atoms. The topological polar surface area (TPSA) is 78.4 Å². The molecular formula is C25H31F2N5O2S. The lowest BCUT2D eigenvalue weighted by atomic mass is 9.93. The van der Waals surface area contributed by atoms with Gasteiger partial charge in [-0.3, -0.25) is 9.59 Å². The minimum absolute atomic E-state index is 0.0992. The van der Waals surface area contributed by atoms with E-state index in [0.717, 1.165) is 37.3 Å². The third-order valence-corrected chi connectivity index (χ3v) is 8.17. The number of carbonyl (C=O) groups is 1. The Kier molecular flexibility index (Phi) is 6.52. The molecule has 5 rings (SSSR count). The van der Waals surface area contributed by atoms with E-state index in [1.165, 1.54) is 41.8 Å². The lowest BCUT2D eigenvalue weighted by Gasteiger charge is -2.35. The smallest absolute Gasteiger partial charge is 0.274 e. The van der Waals surface area contributed by atoms with Crippen LogP contribution < -0.4 is 25.2 Å².